The second-order valence-corrected chi connectivity index (χ2v) is 9.00. The standard InChI is InChI=1S/C28H31N3/c1-22-11-13-25(14-12-22)21-31-27-10-6-5-9-26(27)29-28(31)19-23-15-17-30(18-16-23)20-24-7-3-2-4-8-24/h2-14,23H,15-21H2,1H3. The molecule has 0 spiro atoms. The normalized spacial score (nSPS) is 15.5. The highest BCUT2D eigenvalue weighted by atomic mass is 15.1. The van der Waals surface area contributed by atoms with E-state index in [1.807, 2.05) is 0 Å². The van der Waals surface area contributed by atoms with Gasteiger partial charge >= 0.3 is 0 Å². The molecule has 0 radical (unpaired) electrons. The molecule has 4 aromatic rings. The fourth-order valence-electron chi connectivity index (χ4n) is 4.78. The summed E-state index contributed by atoms with van der Waals surface area (Å²) in [5.74, 6) is 1.95. The van der Waals surface area contributed by atoms with Crippen molar-refractivity contribution in [2.45, 2.75) is 39.3 Å². The van der Waals surface area contributed by atoms with Crippen LogP contribution in [0.2, 0.25) is 0 Å². The Hall–Kier alpha value is -2.91. The Labute approximate surface area is 185 Å². The molecular formula is C28H31N3. The van der Waals surface area contributed by atoms with Crippen LogP contribution in [0.4, 0.5) is 0 Å². The molecule has 3 aromatic carbocycles. The lowest BCUT2D eigenvalue weighted by Gasteiger charge is -2.32. The minimum atomic E-state index is 0.709. The van der Waals surface area contributed by atoms with Crippen LogP contribution >= 0.6 is 0 Å². The molecule has 2 heterocycles. The van der Waals surface area contributed by atoms with E-state index in [4.69, 9.17) is 4.98 Å². The van der Waals surface area contributed by atoms with Crippen LogP contribution in [-0.2, 0) is 19.5 Å². The topological polar surface area (TPSA) is 21.1 Å². The summed E-state index contributed by atoms with van der Waals surface area (Å²) in [4.78, 5) is 7.65. The van der Waals surface area contributed by atoms with Gasteiger partial charge in [-0.3, -0.25) is 4.90 Å². The summed E-state index contributed by atoms with van der Waals surface area (Å²) in [5.41, 5.74) is 6.43. The number of hydrogen-bond donors (Lipinski definition) is 0. The van der Waals surface area contributed by atoms with E-state index in [-0.39, 0.29) is 0 Å². The Balaban J connectivity index is 1.29. The SMILES string of the molecule is Cc1ccc(Cn2c(CC3CCN(Cc4ccccc4)CC3)nc3ccccc32)cc1. The molecule has 1 fully saturated rings. The molecular weight excluding hydrogens is 378 g/mol. The Kier molecular flexibility index (Phi) is 5.86. The molecule has 0 aliphatic carbocycles. The van der Waals surface area contributed by atoms with Gasteiger partial charge in [0.1, 0.15) is 5.82 Å². The number of likely N-dealkylation sites (tertiary alicyclic amines) is 1. The first-order valence-electron chi connectivity index (χ1n) is 11.5. The van der Waals surface area contributed by atoms with Crippen LogP contribution in [0.15, 0.2) is 78.9 Å². The maximum absolute atomic E-state index is 5.06. The number of aryl methyl sites for hydroxylation is 1. The van der Waals surface area contributed by atoms with E-state index < -0.39 is 0 Å². The lowest BCUT2D eigenvalue weighted by molar-refractivity contribution is 0.175. The van der Waals surface area contributed by atoms with Crippen LogP contribution in [-0.4, -0.2) is 27.5 Å². The lowest BCUT2D eigenvalue weighted by Crippen LogP contribution is -2.34. The highest BCUT2D eigenvalue weighted by Gasteiger charge is 2.22. The van der Waals surface area contributed by atoms with Gasteiger partial charge in [-0.25, -0.2) is 4.98 Å². The smallest absolute Gasteiger partial charge is 0.110 e. The van der Waals surface area contributed by atoms with Crippen molar-refractivity contribution in [3.05, 3.63) is 101 Å². The first-order chi connectivity index (χ1) is 15.2. The van der Waals surface area contributed by atoms with E-state index in [1.54, 1.807) is 0 Å². The fourth-order valence-corrected chi connectivity index (χ4v) is 4.78. The number of hydrogen-bond acceptors (Lipinski definition) is 2. The van der Waals surface area contributed by atoms with Gasteiger partial charge in [0.15, 0.2) is 0 Å². The first kappa shape index (κ1) is 20.0. The van der Waals surface area contributed by atoms with E-state index in [2.05, 4.69) is 95.3 Å². The van der Waals surface area contributed by atoms with Crippen molar-refractivity contribution in [1.82, 2.24) is 14.5 Å². The predicted molar refractivity (Wildman–Crippen MR) is 128 cm³/mol. The second-order valence-electron chi connectivity index (χ2n) is 9.00. The maximum atomic E-state index is 5.06. The van der Waals surface area contributed by atoms with Crippen LogP contribution in [0.3, 0.4) is 0 Å². The molecule has 1 aliphatic heterocycles. The van der Waals surface area contributed by atoms with Gasteiger partial charge in [-0.15, -0.1) is 0 Å². The molecule has 0 bridgehead atoms. The van der Waals surface area contributed by atoms with Crippen molar-refractivity contribution in [2.24, 2.45) is 5.92 Å². The molecule has 1 aromatic heterocycles. The van der Waals surface area contributed by atoms with Gasteiger partial charge in [0, 0.05) is 19.5 Å². The number of benzene rings is 3. The number of para-hydroxylation sites is 2. The summed E-state index contributed by atoms with van der Waals surface area (Å²) < 4.78 is 2.44. The van der Waals surface area contributed by atoms with Gasteiger partial charge in [-0.2, -0.15) is 0 Å². The Morgan fingerprint density at radius 1 is 0.774 bits per heavy atom. The summed E-state index contributed by atoms with van der Waals surface area (Å²) in [6.07, 6.45) is 3.57. The predicted octanol–water partition coefficient (Wildman–Crippen LogP) is 5.85. The summed E-state index contributed by atoms with van der Waals surface area (Å²) in [6.45, 7) is 6.46. The molecule has 1 saturated heterocycles. The summed E-state index contributed by atoms with van der Waals surface area (Å²) in [7, 11) is 0. The van der Waals surface area contributed by atoms with Gasteiger partial charge in [0.25, 0.3) is 0 Å². The number of rotatable bonds is 6. The van der Waals surface area contributed by atoms with Crippen LogP contribution < -0.4 is 0 Å². The van der Waals surface area contributed by atoms with Gasteiger partial charge in [0.05, 0.1) is 11.0 Å². The van der Waals surface area contributed by atoms with Crippen molar-refractivity contribution in [2.75, 3.05) is 13.1 Å². The molecule has 31 heavy (non-hydrogen) atoms. The van der Waals surface area contributed by atoms with E-state index in [1.165, 1.54) is 54.0 Å². The molecule has 5 rings (SSSR count). The monoisotopic (exact) mass is 409 g/mol. The Morgan fingerprint density at radius 3 is 2.23 bits per heavy atom. The van der Waals surface area contributed by atoms with Gasteiger partial charge in [-0.1, -0.05) is 72.3 Å². The molecule has 158 valence electrons. The van der Waals surface area contributed by atoms with Crippen LogP contribution in [0.1, 0.15) is 35.4 Å². The van der Waals surface area contributed by atoms with Gasteiger partial charge in [0.2, 0.25) is 0 Å². The summed E-state index contributed by atoms with van der Waals surface area (Å²) in [6, 6.07) is 28.3. The molecule has 0 unspecified atom stereocenters. The molecule has 3 nitrogen and oxygen atoms in total. The van der Waals surface area contributed by atoms with Crippen LogP contribution in [0.25, 0.3) is 11.0 Å². The number of piperidine rings is 1. The number of nitrogens with zero attached hydrogens (tertiary/aromatic N) is 3. The van der Waals surface area contributed by atoms with E-state index in [0.717, 1.165) is 25.0 Å². The third kappa shape index (κ3) is 4.72. The summed E-state index contributed by atoms with van der Waals surface area (Å²) in [5, 5.41) is 0. The lowest BCUT2D eigenvalue weighted by atomic mass is 9.93. The van der Waals surface area contributed by atoms with Crippen molar-refractivity contribution < 1.29 is 0 Å². The zero-order valence-electron chi connectivity index (χ0n) is 18.4. The third-order valence-corrected chi connectivity index (χ3v) is 6.62. The molecule has 0 amide bonds. The van der Waals surface area contributed by atoms with E-state index >= 15 is 0 Å². The highest BCUT2D eigenvalue weighted by Crippen LogP contribution is 2.26. The maximum Gasteiger partial charge on any atom is 0.110 e. The van der Waals surface area contributed by atoms with Gasteiger partial charge < -0.3 is 4.57 Å². The first-order valence-corrected chi connectivity index (χ1v) is 11.5. The van der Waals surface area contributed by atoms with Crippen molar-refractivity contribution in [1.29, 1.82) is 0 Å². The van der Waals surface area contributed by atoms with Crippen molar-refractivity contribution in [3.8, 4) is 0 Å². The summed E-state index contributed by atoms with van der Waals surface area (Å²) >= 11 is 0. The average Bonchev–Trinajstić information content (AvgIpc) is 3.14. The quantitative estimate of drug-likeness (QED) is 0.398. The van der Waals surface area contributed by atoms with Crippen LogP contribution in [0, 0.1) is 12.8 Å². The molecule has 3 heteroatoms. The minimum Gasteiger partial charge on any atom is -0.323 e. The Morgan fingerprint density at radius 2 is 1.45 bits per heavy atom. The molecule has 0 atom stereocenters. The molecule has 0 saturated carbocycles. The second kappa shape index (κ2) is 9.07. The average molecular weight is 410 g/mol. The zero-order chi connectivity index (χ0) is 21.0. The number of fused-ring (bicyclic) bond motifs is 1. The third-order valence-electron chi connectivity index (χ3n) is 6.62. The fraction of sp³-hybridized carbons (Fsp3) is 0.321. The Bertz CT molecular complexity index is 1120. The number of aromatic nitrogens is 2. The van der Waals surface area contributed by atoms with E-state index in [0.29, 0.717) is 5.92 Å². The largest absolute Gasteiger partial charge is 0.323 e. The van der Waals surface area contributed by atoms with E-state index in [9.17, 15) is 0 Å². The van der Waals surface area contributed by atoms with Gasteiger partial charge in [-0.05, 0) is 62.0 Å². The van der Waals surface area contributed by atoms with Crippen molar-refractivity contribution >= 4 is 11.0 Å². The van der Waals surface area contributed by atoms with Crippen LogP contribution in [0.5, 0.6) is 0 Å². The minimum absolute atomic E-state index is 0.709. The molecule has 0 N–H and O–H groups in total. The number of imidazole rings is 1. The molecule has 1 aliphatic rings. The zero-order valence-corrected chi connectivity index (χ0v) is 18.4. The van der Waals surface area contributed by atoms with Crippen molar-refractivity contribution in [3.63, 3.8) is 0 Å². The highest BCUT2D eigenvalue weighted by molar-refractivity contribution is 5.76.